The first-order chi connectivity index (χ1) is 13.6. The van der Waals surface area contributed by atoms with Gasteiger partial charge < -0.3 is 9.73 Å². The van der Waals surface area contributed by atoms with E-state index in [-0.39, 0.29) is 17.8 Å². The lowest BCUT2D eigenvalue weighted by Gasteiger charge is -2.13. The van der Waals surface area contributed by atoms with Crippen molar-refractivity contribution in [1.29, 1.82) is 0 Å². The van der Waals surface area contributed by atoms with Gasteiger partial charge in [-0.15, -0.1) is 0 Å². The first-order valence-corrected chi connectivity index (χ1v) is 8.95. The first-order valence-electron chi connectivity index (χ1n) is 8.95. The molecule has 0 saturated carbocycles. The van der Waals surface area contributed by atoms with Crippen molar-refractivity contribution in [2.24, 2.45) is 0 Å². The van der Waals surface area contributed by atoms with E-state index in [9.17, 15) is 9.18 Å². The van der Waals surface area contributed by atoms with E-state index < -0.39 is 0 Å². The van der Waals surface area contributed by atoms with Gasteiger partial charge in [-0.2, -0.15) is 0 Å². The molecule has 0 aliphatic rings. The second kappa shape index (κ2) is 7.60. The van der Waals surface area contributed by atoms with Gasteiger partial charge in [-0.1, -0.05) is 12.1 Å². The minimum absolute atomic E-state index is 0.0486. The highest BCUT2D eigenvalue weighted by Crippen LogP contribution is 2.25. The molecule has 5 nitrogen and oxygen atoms in total. The van der Waals surface area contributed by atoms with Gasteiger partial charge in [-0.05, 0) is 61.4 Å². The summed E-state index contributed by atoms with van der Waals surface area (Å²) in [6, 6.07) is 14.9. The van der Waals surface area contributed by atoms with E-state index in [1.807, 2.05) is 19.1 Å². The normalized spacial score (nSPS) is 12.1. The van der Waals surface area contributed by atoms with E-state index in [1.165, 1.54) is 12.1 Å². The van der Waals surface area contributed by atoms with Crippen LogP contribution in [0.3, 0.4) is 0 Å². The number of nitrogens with zero attached hydrogens (tertiary/aromatic N) is 2. The third-order valence-corrected chi connectivity index (χ3v) is 4.36. The van der Waals surface area contributed by atoms with Crippen LogP contribution in [0.4, 0.5) is 4.39 Å². The van der Waals surface area contributed by atoms with Crippen molar-refractivity contribution in [3.63, 3.8) is 0 Å². The summed E-state index contributed by atoms with van der Waals surface area (Å²) < 4.78 is 19.1. The fourth-order valence-corrected chi connectivity index (χ4v) is 3.04. The second-order valence-corrected chi connectivity index (χ2v) is 6.65. The van der Waals surface area contributed by atoms with Crippen molar-refractivity contribution in [3.05, 3.63) is 83.9 Å². The predicted octanol–water partition coefficient (Wildman–Crippen LogP) is 4.39. The van der Waals surface area contributed by atoms with Crippen LogP contribution in [-0.2, 0) is 6.42 Å². The molecule has 1 unspecified atom stereocenters. The fraction of sp³-hybridized carbons (Fsp3) is 0.136. The quantitative estimate of drug-likeness (QED) is 0.562. The summed E-state index contributed by atoms with van der Waals surface area (Å²) in [7, 11) is 0. The van der Waals surface area contributed by atoms with Crippen molar-refractivity contribution in [2.45, 2.75) is 19.4 Å². The molecule has 0 aliphatic heterocycles. The molecule has 0 aliphatic carbocycles. The molecule has 0 saturated heterocycles. The molecule has 2 aromatic carbocycles. The third-order valence-electron chi connectivity index (χ3n) is 4.36. The number of fused-ring (bicyclic) bond motifs is 1. The topological polar surface area (TPSA) is 68.0 Å². The van der Waals surface area contributed by atoms with E-state index in [1.54, 1.807) is 42.7 Å². The average Bonchev–Trinajstić information content (AvgIpc) is 3.12. The Hall–Kier alpha value is -3.54. The molecule has 2 heterocycles. The Balaban J connectivity index is 1.51. The van der Waals surface area contributed by atoms with Gasteiger partial charge in [0.15, 0.2) is 5.58 Å². The van der Waals surface area contributed by atoms with Gasteiger partial charge >= 0.3 is 0 Å². The SMILES string of the molecule is CC(Cc1cccnc1)NC(=O)c1ccc2oc(-c3cccc(F)c3)nc2c1. The van der Waals surface area contributed by atoms with Gasteiger partial charge in [0.05, 0.1) is 0 Å². The summed E-state index contributed by atoms with van der Waals surface area (Å²) in [6.07, 6.45) is 4.20. The number of nitrogens with one attached hydrogen (secondary N) is 1. The molecule has 28 heavy (non-hydrogen) atoms. The number of hydrogen-bond donors (Lipinski definition) is 1. The van der Waals surface area contributed by atoms with Gasteiger partial charge in [0, 0.05) is 29.6 Å². The molecule has 1 N–H and O–H groups in total. The maximum atomic E-state index is 13.4. The van der Waals surface area contributed by atoms with Gasteiger partial charge in [0.25, 0.3) is 5.91 Å². The number of aromatic nitrogens is 2. The van der Waals surface area contributed by atoms with E-state index >= 15 is 0 Å². The van der Waals surface area contributed by atoms with Crippen LogP contribution >= 0.6 is 0 Å². The number of pyridine rings is 1. The monoisotopic (exact) mass is 375 g/mol. The molecule has 4 rings (SSSR count). The van der Waals surface area contributed by atoms with Crippen molar-refractivity contribution in [1.82, 2.24) is 15.3 Å². The summed E-state index contributed by atoms with van der Waals surface area (Å²) in [5.74, 6) is -0.229. The van der Waals surface area contributed by atoms with Crippen molar-refractivity contribution >= 4 is 17.0 Å². The van der Waals surface area contributed by atoms with E-state index in [0.717, 1.165) is 5.56 Å². The van der Waals surface area contributed by atoms with Crippen LogP contribution in [0.5, 0.6) is 0 Å². The second-order valence-electron chi connectivity index (χ2n) is 6.65. The van der Waals surface area contributed by atoms with Gasteiger partial charge in [-0.25, -0.2) is 9.37 Å². The Bertz CT molecular complexity index is 1130. The molecule has 4 aromatic rings. The van der Waals surface area contributed by atoms with Crippen LogP contribution < -0.4 is 5.32 Å². The number of carbonyl (C=O) groups excluding carboxylic acids is 1. The van der Waals surface area contributed by atoms with Crippen LogP contribution in [0.15, 0.2) is 71.4 Å². The standard InChI is InChI=1S/C22H18FN3O2/c1-14(10-15-4-3-9-24-13-15)25-21(27)16-7-8-20-19(12-16)26-22(28-20)17-5-2-6-18(23)11-17/h2-9,11-14H,10H2,1H3,(H,25,27). The molecule has 140 valence electrons. The van der Waals surface area contributed by atoms with Crippen molar-refractivity contribution in [3.8, 4) is 11.5 Å². The molecule has 0 radical (unpaired) electrons. The molecular weight excluding hydrogens is 357 g/mol. The van der Waals surface area contributed by atoms with Crippen molar-refractivity contribution < 1.29 is 13.6 Å². The molecule has 0 bridgehead atoms. The number of rotatable bonds is 5. The van der Waals surface area contributed by atoms with Crippen LogP contribution in [0, 0.1) is 5.82 Å². The van der Waals surface area contributed by atoms with Gasteiger partial charge in [0.1, 0.15) is 11.3 Å². The minimum Gasteiger partial charge on any atom is -0.436 e. The fourth-order valence-electron chi connectivity index (χ4n) is 3.04. The molecule has 1 atom stereocenters. The van der Waals surface area contributed by atoms with E-state index in [0.29, 0.717) is 34.5 Å². The average molecular weight is 375 g/mol. The lowest BCUT2D eigenvalue weighted by Crippen LogP contribution is -2.34. The number of benzene rings is 2. The van der Waals surface area contributed by atoms with Crippen LogP contribution in [0.2, 0.25) is 0 Å². The Morgan fingerprint density at radius 3 is 2.86 bits per heavy atom. The van der Waals surface area contributed by atoms with Gasteiger partial charge in [-0.3, -0.25) is 9.78 Å². The van der Waals surface area contributed by atoms with E-state index in [4.69, 9.17) is 4.42 Å². The van der Waals surface area contributed by atoms with Crippen molar-refractivity contribution in [2.75, 3.05) is 0 Å². The molecule has 1 amide bonds. The number of halogens is 1. The summed E-state index contributed by atoms with van der Waals surface area (Å²) >= 11 is 0. The lowest BCUT2D eigenvalue weighted by molar-refractivity contribution is 0.0940. The highest BCUT2D eigenvalue weighted by atomic mass is 19.1. The molecular formula is C22H18FN3O2. The molecule has 2 aromatic heterocycles. The number of carbonyl (C=O) groups is 1. The Morgan fingerprint density at radius 2 is 2.07 bits per heavy atom. The summed E-state index contributed by atoms with van der Waals surface area (Å²) in [6.45, 7) is 1.95. The maximum Gasteiger partial charge on any atom is 0.251 e. The van der Waals surface area contributed by atoms with Crippen LogP contribution in [0.25, 0.3) is 22.6 Å². The summed E-state index contributed by atoms with van der Waals surface area (Å²) in [5.41, 5.74) is 3.19. The summed E-state index contributed by atoms with van der Waals surface area (Å²) in [4.78, 5) is 21.1. The zero-order valence-electron chi connectivity index (χ0n) is 15.2. The number of amides is 1. The molecule has 0 fully saturated rings. The van der Waals surface area contributed by atoms with Crippen LogP contribution in [-0.4, -0.2) is 21.9 Å². The van der Waals surface area contributed by atoms with Crippen LogP contribution in [0.1, 0.15) is 22.8 Å². The molecule has 6 heteroatoms. The number of hydrogen-bond acceptors (Lipinski definition) is 4. The lowest BCUT2D eigenvalue weighted by atomic mass is 10.1. The highest BCUT2D eigenvalue weighted by molar-refractivity contribution is 5.97. The van der Waals surface area contributed by atoms with E-state index in [2.05, 4.69) is 15.3 Å². The Morgan fingerprint density at radius 1 is 1.18 bits per heavy atom. The highest BCUT2D eigenvalue weighted by Gasteiger charge is 2.14. The zero-order chi connectivity index (χ0) is 19.5. The third kappa shape index (κ3) is 3.91. The Labute approximate surface area is 161 Å². The Kier molecular flexibility index (Phi) is 4.85. The zero-order valence-corrected chi connectivity index (χ0v) is 15.2. The largest absolute Gasteiger partial charge is 0.436 e. The summed E-state index contributed by atoms with van der Waals surface area (Å²) in [5, 5.41) is 2.98. The minimum atomic E-state index is -0.359. The first kappa shape index (κ1) is 17.9. The maximum absolute atomic E-state index is 13.4. The smallest absolute Gasteiger partial charge is 0.251 e. The van der Waals surface area contributed by atoms with Gasteiger partial charge in [0.2, 0.25) is 5.89 Å². The predicted molar refractivity (Wildman–Crippen MR) is 104 cm³/mol. The number of oxazole rings is 1. The molecule has 0 spiro atoms.